The summed E-state index contributed by atoms with van der Waals surface area (Å²) in [5.41, 5.74) is 4.17. The van der Waals surface area contributed by atoms with Gasteiger partial charge in [0.2, 0.25) is 0 Å². The summed E-state index contributed by atoms with van der Waals surface area (Å²) in [6.07, 6.45) is 0. The first kappa shape index (κ1) is 13.3. The second-order valence-corrected chi connectivity index (χ2v) is 6.81. The van der Waals surface area contributed by atoms with Gasteiger partial charge in [-0.15, -0.1) is 0 Å². The maximum absolute atomic E-state index is 3.52. The van der Waals surface area contributed by atoms with Gasteiger partial charge in [-0.1, -0.05) is 35.0 Å². The van der Waals surface area contributed by atoms with Gasteiger partial charge in [0.1, 0.15) is 0 Å². The Kier molecular flexibility index (Phi) is 4.42. The van der Waals surface area contributed by atoms with Gasteiger partial charge in [-0.2, -0.15) is 11.8 Å². The van der Waals surface area contributed by atoms with E-state index < -0.39 is 0 Å². The minimum absolute atomic E-state index is 0.627. The number of halogens is 1. The molecule has 94 valence electrons. The summed E-state index contributed by atoms with van der Waals surface area (Å²) in [5, 5.41) is 1.66. The summed E-state index contributed by atoms with van der Waals surface area (Å²) in [6, 6.07) is 7.44. The monoisotopic (exact) mass is 313 g/mol. The van der Waals surface area contributed by atoms with Crippen LogP contribution in [-0.2, 0) is 5.33 Å². The molecule has 1 nitrogen and oxygen atoms in total. The lowest BCUT2D eigenvalue weighted by Gasteiger charge is -2.40. The van der Waals surface area contributed by atoms with Crippen molar-refractivity contribution in [2.45, 2.75) is 37.4 Å². The van der Waals surface area contributed by atoms with Gasteiger partial charge < -0.3 is 4.90 Å². The van der Waals surface area contributed by atoms with Gasteiger partial charge in [-0.25, -0.2) is 0 Å². The molecule has 0 N–H and O–H groups in total. The molecule has 0 aliphatic carbocycles. The largest absolute Gasteiger partial charge is 0.367 e. The fraction of sp³-hybridized carbons (Fsp3) is 0.571. The Balaban J connectivity index is 2.27. The van der Waals surface area contributed by atoms with Crippen LogP contribution in [0.1, 0.15) is 25.0 Å². The van der Waals surface area contributed by atoms with Crippen molar-refractivity contribution in [3.05, 3.63) is 29.3 Å². The zero-order chi connectivity index (χ0) is 12.4. The van der Waals surface area contributed by atoms with Crippen molar-refractivity contribution in [3.63, 3.8) is 0 Å². The summed E-state index contributed by atoms with van der Waals surface area (Å²) < 4.78 is 0. The number of rotatable bonds is 2. The van der Waals surface area contributed by atoms with Crippen LogP contribution in [-0.4, -0.2) is 23.6 Å². The van der Waals surface area contributed by atoms with Crippen LogP contribution >= 0.6 is 27.7 Å². The molecule has 3 heteroatoms. The molecule has 2 atom stereocenters. The van der Waals surface area contributed by atoms with Crippen molar-refractivity contribution in [1.29, 1.82) is 0 Å². The Morgan fingerprint density at radius 2 is 2.18 bits per heavy atom. The number of thioether (sulfide) groups is 1. The molecule has 0 spiro atoms. The number of benzene rings is 1. The quantitative estimate of drug-likeness (QED) is 0.752. The Morgan fingerprint density at radius 1 is 1.41 bits per heavy atom. The zero-order valence-electron chi connectivity index (χ0n) is 10.7. The fourth-order valence-corrected chi connectivity index (χ4v) is 3.84. The van der Waals surface area contributed by atoms with Crippen LogP contribution in [0.3, 0.4) is 0 Å². The third kappa shape index (κ3) is 2.82. The predicted molar refractivity (Wildman–Crippen MR) is 82.5 cm³/mol. The van der Waals surface area contributed by atoms with Crippen LogP contribution in [0.15, 0.2) is 18.2 Å². The maximum atomic E-state index is 3.52. The van der Waals surface area contributed by atoms with Gasteiger partial charge in [0, 0.05) is 34.6 Å². The highest BCUT2D eigenvalue weighted by Crippen LogP contribution is 2.31. The van der Waals surface area contributed by atoms with Crippen LogP contribution in [0.25, 0.3) is 0 Å². The van der Waals surface area contributed by atoms with E-state index in [9.17, 15) is 0 Å². The Labute approximate surface area is 117 Å². The Bertz CT molecular complexity index is 394. The lowest BCUT2D eigenvalue weighted by Crippen LogP contribution is -2.45. The van der Waals surface area contributed by atoms with E-state index >= 15 is 0 Å². The van der Waals surface area contributed by atoms with Crippen LogP contribution in [0, 0.1) is 6.92 Å². The minimum Gasteiger partial charge on any atom is -0.367 e. The van der Waals surface area contributed by atoms with E-state index in [1.54, 1.807) is 0 Å². The van der Waals surface area contributed by atoms with Gasteiger partial charge >= 0.3 is 0 Å². The molecule has 1 aromatic rings. The van der Waals surface area contributed by atoms with Crippen LogP contribution in [0.4, 0.5) is 5.69 Å². The molecule has 1 aromatic carbocycles. The highest BCUT2D eigenvalue weighted by Gasteiger charge is 2.26. The molecule has 2 unspecified atom stereocenters. The second-order valence-electron chi connectivity index (χ2n) is 4.76. The summed E-state index contributed by atoms with van der Waals surface area (Å²) in [7, 11) is 0. The highest BCUT2D eigenvalue weighted by atomic mass is 79.9. The van der Waals surface area contributed by atoms with E-state index in [1.165, 1.54) is 29.1 Å². The molecule has 1 fully saturated rings. The van der Waals surface area contributed by atoms with Crippen LogP contribution in [0.5, 0.6) is 0 Å². The average Bonchev–Trinajstić information content (AvgIpc) is 2.33. The SMILES string of the molecule is Cc1cc(CBr)ccc1N1CCSC(C)C1C. The van der Waals surface area contributed by atoms with E-state index in [0.717, 1.165) is 10.6 Å². The third-order valence-electron chi connectivity index (χ3n) is 3.61. The summed E-state index contributed by atoms with van der Waals surface area (Å²) in [4.78, 5) is 2.56. The van der Waals surface area contributed by atoms with Crippen molar-refractivity contribution >= 4 is 33.4 Å². The number of nitrogens with zero attached hydrogens (tertiary/aromatic N) is 1. The molecule has 0 aromatic heterocycles. The molecule has 1 aliphatic heterocycles. The van der Waals surface area contributed by atoms with Crippen molar-refractivity contribution in [3.8, 4) is 0 Å². The number of alkyl halides is 1. The van der Waals surface area contributed by atoms with Gasteiger partial charge in [-0.3, -0.25) is 0 Å². The van der Waals surface area contributed by atoms with E-state index in [4.69, 9.17) is 0 Å². The van der Waals surface area contributed by atoms with Gasteiger partial charge in [0.15, 0.2) is 0 Å². The normalized spacial score (nSPS) is 25.1. The van der Waals surface area contributed by atoms with E-state index in [2.05, 4.69) is 71.6 Å². The summed E-state index contributed by atoms with van der Waals surface area (Å²) in [5.74, 6) is 1.24. The number of anilines is 1. The standard InChI is InChI=1S/C14H20BrNS/c1-10-8-13(9-15)4-5-14(10)16-6-7-17-12(3)11(16)2/h4-5,8,11-12H,6-7,9H2,1-3H3. The molecule has 2 rings (SSSR count). The molecule has 0 radical (unpaired) electrons. The lowest BCUT2D eigenvalue weighted by atomic mass is 10.1. The summed E-state index contributed by atoms with van der Waals surface area (Å²) >= 11 is 5.61. The molecule has 0 saturated carbocycles. The van der Waals surface area contributed by atoms with E-state index in [0.29, 0.717) is 6.04 Å². The minimum atomic E-state index is 0.627. The van der Waals surface area contributed by atoms with E-state index in [1.807, 2.05) is 0 Å². The molecule has 1 aliphatic rings. The third-order valence-corrected chi connectivity index (χ3v) is 5.59. The van der Waals surface area contributed by atoms with E-state index in [-0.39, 0.29) is 0 Å². The van der Waals surface area contributed by atoms with Gasteiger partial charge in [0.05, 0.1) is 0 Å². The molecular weight excluding hydrogens is 294 g/mol. The smallest absolute Gasteiger partial charge is 0.0399 e. The zero-order valence-corrected chi connectivity index (χ0v) is 13.1. The van der Waals surface area contributed by atoms with Crippen LogP contribution in [0.2, 0.25) is 0 Å². The van der Waals surface area contributed by atoms with Crippen molar-refractivity contribution in [2.24, 2.45) is 0 Å². The Morgan fingerprint density at radius 3 is 2.82 bits per heavy atom. The number of hydrogen-bond donors (Lipinski definition) is 0. The topological polar surface area (TPSA) is 3.24 Å². The lowest BCUT2D eigenvalue weighted by molar-refractivity contribution is 0.626. The summed E-state index contributed by atoms with van der Waals surface area (Å²) in [6.45, 7) is 8.07. The van der Waals surface area contributed by atoms with Crippen molar-refractivity contribution in [1.82, 2.24) is 0 Å². The molecule has 0 amide bonds. The number of hydrogen-bond acceptors (Lipinski definition) is 2. The maximum Gasteiger partial charge on any atom is 0.0399 e. The fourth-order valence-electron chi connectivity index (χ4n) is 2.40. The molecule has 1 saturated heterocycles. The number of aryl methyl sites for hydroxylation is 1. The molecular formula is C14H20BrNS. The second kappa shape index (κ2) is 5.66. The van der Waals surface area contributed by atoms with Crippen LogP contribution < -0.4 is 4.90 Å². The highest BCUT2D eigenvalue weighted by molar-refractivity contribution is 9.08. The molecule has 1 heterocycles. The van der Waals surface area contributed by atoms with Gasteiger partial charge in [0.25, 0.3) is 0 Å². The first-order chi connectivity index (χ1) is 8.13. The van der Waals surface area contributed by atoms with Crippen molar-refractivity contribution < 1.29 is 0 Å². The average molecular weight is 314 g/mol. The first-order valence-electron chi connectivity index (χ1n) is 6.17. The van der Waals surface area contributed by atoms with Crippen molar-refractivity contribution in [2.75, 3.05) is 17.2 Å². The molecule has 17 heavy (non-hydrogen) atoms. The Hall–Kier alpha value is -0.150. The predicted octanol–water partition coefficient (Wildman–Crippen LogP) is 4.22. The first-order valence-corrected chi connectivity index (χ1v) is 8.34. The van der Waals surface area contributed by atoms with Gasteiger partial charge in [-0.05, 0) is 31.0 Å². The molecule has 0 bridgehead atoms.